The number of nitrogens with one attached hydrogen (secondary N) is 1. The maximum atomic E-state index is 12.6. The molecule has 0 spiro atoms. The topological polar surface area (TPSA) is 56.1 Å². The normalized spacial score (nSPS) is 25.0. The van der Waals surface area contributed by atoms with Crippen molar-refractivity contribution in [3.63, 3.8) is 0 Å². The average molecular weight is 325 g/mol. The predicted octanol–water partition coefficient (Wildman–Crippen LogP) is 3.31. The van der Waals surface area contributed by atoms with E-state index in [2.05, 4.69) is 10.4 Å². The van der Waals surface area contributed by atoms with E-state index in [-0.39, 0.29) is 11.8 Å². The quantitative estimate of drug-likeness (QED) is 0.917. The van der Waals surface area contributed by atoms with Crippen LogP contribution < -0.4 is 10.1 Å². The molecule has 0 unspecified atom stereocenters. The molecule has 5 nitrogen and oxygen atoms in total. The van der Waals surface area contributed by atoms with Gasteiger partial charge in [-0.2, -0.15) is 5.10 Å². The van der Waals surface area contributed by atoms with Crippen LogP contribution in [0.4, 0.5) is 5.82 Å². The number of hydrogen-bond acceptors (Lipinski definition) is 3. The van der Waals surface area contributed by atoms with Crippen molar-refractivity contribution in [2.24, 2.45) is 17.8 Å². The van der Waals surface area contributed by atoms with E-state index < -0.39 is 0 Å². The van der Waals surface area contributed by atoms with Crippen LogP contribution in [-0.2, 0) is 11.3 Å². The van der Waals surface area contributed by atoms with E-state index in [4.69, 9.17) is 4.74 Å². The second-order valence-corrected chi connectivity index (χ2v) is 6.99. The van der Waals surface area contributed by atoms with Gasteiger partial charge in [0.25, 0.3) is 0 Å². The number of carbonyl (C=O) groups is 1. The maximum Gasteiger partial charge on any atom is 0.228 e. The molecular formula is C19H23N3O2. The summed E-state index contributed by atoms with van der Waals surface area (Å²) in [6.45, 7) is 0.628. The van der Waals surface area contributed by atoms with Crippen molar-refractivity contribution >= 4 is 11.7 Å². The van der Waals surface area contributed by atoms with E-state index >= 15 is 0 Å². The molecule has 2 bridgehead atoms. The summed E-state index contributed by atoms with van der Waals surface area (Å²) in [4.78, 5) is 12.6. The summed E-state index contributed by atoms with van der Waals surface area (Å²) in [5.74, 6) is 3.33. The number of hydrogen-bond donors (Lipinski definition) is 1. The van der Waals surface area contributed by atoms with Crippen LogP contribution in [0.3, 0.4) is 0 Å². The van der Waals surface area contributed by atoms with E-state index in [0.717, 1.165) is 29.5 Å². The first-order valence-corrected chi connectivity index (χ1v) is 8.68. The van der Waals surface area contributed by atoms with E-state index in [1.807, 2.05) is 35.0 Å². The van der Waals surface area contributed by atoms with Crippen molar-refractivity contribution in [2.75, 3.05) is 12.4 Å². The minimum absolute atomic E-state index is 0.165. The number of rotatable bonds is 5. The molecule has 0 aliphatic heterocycles. The highest BCUT2D eigenvalue weighted by Gasteiger charge is 2.43. The SMILES string of the molecule is COc1ccc(Cn2nccc2NC(=O)[C@H]2C[C@H]3CC[C@H]2C3)cc1. The van der Waals surface area contributed by atoms with Crippen LogP contribution >= 0.6 is 0 Å². The molecule has 2 aliphatic rings. The Labute approximate surface area is 142 Å². The monoisotopic (exact) mass is 325 g/mol. The van der Waals surface area contributed by atoms with E-state index in [9.17, 15) is 4.79 Å². The van der Waals surface area contributed by atoms with Gasteiger partial charge >= 0.3 is 0 Å². The molecule has 126 valence electrons. The Balaban J connectivity index is 1.43. The number of ether oxygens (including phenoxy) is 1. The van der Waals surface area contributed by atoms with Gasteiger partial charge in [-0.3, -0.25) is 4.79 Å². The van der Waals surface area contributed by atoms with Crippen LogP contribution in [0.2, 0.25) is 0 Å². The minimum atomic E-state index is 0.165. The highest BCUT2D eigenvalue weighted by molar-refractivity contribution is 5.92. The number of amides is 1. The molecule has 3 atom stereocenters. The summed E-state index contributed by atoms with van der Waals surface area (Å²) in [5.41, 5.74) is 1.12. The second kappa shape index (κ2) is 6.30. The van der Waals surface area contributed by atoms with E-state index in [1.165, 1.54) is 19.3 Å². The van der Waals surface area contributed by atoms with E-state index in [0.29, 0.717) is 12.5 Å². The van der Waals surface area contributed by atoms with Gasteiger partial charge in [0.1, 0.15) is 11.6 Å². The first-order valence-electron chi connectivity index (χ1n) is 8.68. The third-order valence-electron chi connectivity index (χ3n) is 5.53. The van der Waals surface area contributed by atoms with Crippen LogP contribution in [0.25, 0.3) is 0 Å². The highest BCUT2D eigenvalue weighted by atomic mass is 16.5. The van der Waals surface area contributed by atoms with Crippen molar-refractivity contribution in [1.82, 2.24) is 9.78 Å². The zero-order valence-corrected chi connectivity index (χ0v) is 13.9. The summed E-state index contributed by atoms with van der Waals surface area (Å²) in [7, 11) is 1.66. The molecule has 1 aromatic heterocycles. The van der Waals surface area contributed by atoms with Gasteiger partial charge in [-0.05, 0) is 48.8 Å². The number of aromatic nitrogens is 2. The summed E-state index contributed by atoms with van der Waals surface area (Å²) < 4.78 is 7.02. The predicted molar refractivity (Wildman–Crippen MR) is 91.9 cm³/mol. The molecule has 5 heteroatoms. The summed E-state index contributed by atoms with van der Waals surface area (Å²) in [5, 5.41) is 7.45. The van der Waals surface area contributed by atoms with Crippen molar-refractivity contribution < 1.29 is 9.53 Å². The van der Waals surface area contributed by atoms with Crippen molar-refractivity contribution in [3.8, 4) is 5.75 Å². The maximum absolute atomic E-state index is 12.6. The lowest BCUT2D eigenvalue weighted by Crippen LogP contribution is -2.28. The highest BCUT2D eigenvalue weighted by Crippen LogP contribution is 2.48. The lowest BCUT2D eigenvalue weighted by atomic mass is 9.88. The van der Waals surface area contributed by atoms with Crippen LogP contribution in [0.1, 0.15) is 31.2 Å². The molecule has 1 heterocycles. The third-order valence-corrected chi connectivity index (χ3v) is 5.53. The zero-order valence-electron chi connectivity index (χ0n) is 13.9. The summed E-state index contributed by atoms with van der Waals surface area (Å²) in [6, 6.07) is 9.78. The second-order valence-electron chi connectivity index (χ2n) is 6.99. The number of carbonyl (C=O) groups excluding carboxylic acids is 1. The van der Waals surface area contributed by atoms with Gasteiger partial charge in [-0.1, -0.05) is 18.6 Å². The summed E-state index contributed by atoms with van der Waals surface area (Å²) >= 11 is 0. The van der Waals surface area contributed by atoms with Crippen molar-refractivity contribution in [1.29, 1.82) is 0 Å². The molecule has 0 saturated heterocycles. The number of fused-ring (bicyclic) bond motifs is 2. The lowest BCUT2D eigenvalue weighted by Gasteiger charge is -2.21. The van der Waals surface area contributed by atoms with Gasteiger partial charge in [-0.25, -0.2) is 4.68 Å². The Morgan fingerprint density at radius 2 is 2.08 bits per heavy atom. The fourth-order valence-electron chi connectivity index (χ4n) is 4.25. The standard InChI is InChI=1S/C19H23N3O2/c1-24-16-6-3-13(4-7-16)12-22-18(8-9-20-22)21-19(23)17-11-14-2-5-15(17)10-14/h3-4,6-9,14-15,17H,2,5,10-12H2,1H3,(H,21,23)/t14-,15-,17-/m0/s1. The molecule has 1 N–H and O–H groups in total. The number of anilines is 1. The van der Waals surface area contributed by atoms with Gasteiger partial charge in [0, 0.05) is 12.0 Å². The van der Waals surface area contributed by atoms with Gasteiger partial charge in [0.15, 0.2) is 0 Å². The van der Waals surface area contributed by atoms with Gasteiger partial charge in [0.05, 0.1) is 19.9 Å². The van der Waals surface area contributed by atoms with Crippen LogP contribution in [0.15, 0.2) is 36.5 Å². The first kappa shape index (κ1) is 15.2. The summed E-state index contributed by atoms with van der Waals surface area (Å²) in [6.07, 6.45) is 6.56. The number of nitrogens with zero attached hydrogens (tertiary/aromatic N) is 2. The molecule has 2 fully saturated rings. The fraction of sp³-hybridized carbons (Fsp3) is 0.474. The largest absolute Gasteiger partial charge is 0.497 e. The molecule has 2 aliphatic carbocycles. The smallest absolute Gasteiger partial charge is 0.228 e. The van der Waals surface area contributed by atoms with Crippen LogP contribution in [-0.4, -0.2) is 22.8 Å². The number of benzene rings is 1. The van der Waals surface area contributed by atoms with Crippen molar-refractivity contribution in [2.45, 2.75) is 32.2 Å². The molecular weight excluding hydrogens is 302 g/mol. The Morgan fingerprint density at radius 3 is 2.75 bits per heavy atom. The molecule has 2 aromatic rings. The van der Waals surface area contributed by atoms with Crippen LogP contribution in [0.5, 0.6) is 5.75 Å². The Bertz CT molecular complexity index is 722. The molecule has 24 heavy (non-hydrogen) atoms. The van der Waals surface area contributed by atoms with Crippen molar-refractivity contribution in [3.05, 3.63) is 42.1 Å². The first-order chi connectivity index (χ1) is 11.7. The lowest BCUT2D eigenvalue weighted by molar-refractivity contribution is -0.121. The van der Waals surface area contributed by atoms with Gasteiger partial charge in [0.2, 0.25) is 5.91 Å². The average Bonchev–Trinajstić information content (AvgIpc) is 3.33. The Kier molecular flexibility index (Phi) is 4.00. The third kappa shape index (κ3) is 2.90. The van der Waals surface area contributed by atoms with Gasteiger partial charge < -0.3 is 10.1 Å². The molecule has 1 amide bonds. The van der Waals surface area contributed by atoms with Gasteiger partial charge in [-0.15, -0.1) is 0 Å². The van der Waals surface area contributed by atoms with Crippen LogP contribution in [0, 0.1) is 17.8 Å². The molecule has 0 radical (unpaired) electrons. The zero-order chi connectivity index (χ0) is 16.5. The number of methoxy groups -OCH3 is 1. The molecule has 4 rings (SSSR count). The Hall–Kier alpha value is -2.30. The Morgan fingerprint density at radius 1 is 1.25 bits per heavy atom. The van der Waals surface area contributed by atoms with E-state index in [1.54, 1.807) is 13.3 Å². The fourth-order valence-corrected chi connectivity index (χ4v) is 4.25. The minimum Gasteiger partial charge on any atom is -0.497 e. The molecule has 2 saturated carbocycles. The molecule has 1 aromatic carbocycles.